The molecule has 2 aromatic carbocycles. The molecule has 0 amide bonds. The van der Waals surface area contributed by atoms with Crippen LogP contribution in [0.3, 0.4) is 0 Å². The van der Waals surface area contributed by atoms with Crippen molar-refractivity contribution in [1.82, 2.24) is 0 Å². The van der Waals surface area contributed by atoms with Gasteiger partial charge in [0.15, 0.2) is 5.78 Å². The van der Waals surface area contributed by atoms with Crippen LogP contribution in [0.4, 0.5) is 5.69 Å². The zero-order chi connectivity index (χ0) is 18.0. The SMILES string of the molecule is Cc1cc(C[N+](=O)[O-])c(C(=O)c2cc([N+](=O)[O-])ccc2Cl)cc1C. The number of halogens is 1. The molecule has 0 atom stereocenters. The number of nitro groups is 2. The third-order valence-electron chi connectivity index (χ3n) is 3.67. The molecule has 0 N–H and O–H groups in total. The van der Waals surface area contributed by atoms with E-state index in [0.717, 1.165) is 17.2 Å². The van der Waals surface area contributed by atoms with Gasteiger partial charge in [-0.2, -0.15) is 0 Å². The average Bonchev–Trinajstić information content (AvgIpc) is 2.49. The summed E-state index contributed by atoms with van der Waals surface area (Å²) in [5.74, 6) is -0.580. The maximum absolute atomic E-state index is 12.8. The van der Waals surface area contributed by atoms with Gasteiger partial charge in [-0.05, 0) is 43.2 Å². The summed E-state index contributed by atoms with van der Waals surface area (Å²) < 4.78 is 0. The number of benzene rings is 2. The Morgan fingerprint density at radius 1 is 1.04 bits per heavy atom. The second kappa shape index (κ2) is 6.76. The number of carbonyl (C=O) groups excluding carboxylic acids is 1. The first kappa shape index (κ1) is 17.6. The summed E-state index contributed by atoms with van der Waals surface area (Å²) in [6, 6.07) is 6.66. The summed E-state index contributed by atoms with van der Waals surface area (Å²) in [5.41, 5.74) is 1.63. The van der Waals surface area contributed by atoms with Gasteiger partial charge in [0.25, 0.3) is 5.69 Å². The molecule has 0 unspecified atom stereocenters. The lowest BCUT2D eigenvalue weighted by atomic mass is 9.94. The number of aryl methyl sites for hydroxylation is 2. The fourth-order valence-corrected chi connectivity index (χ4v) is 2.51. The maximum atomic E-state index is 12.8. The van der Waals surface area contributed by atoms with Gasteiger partial charge < -0.3 is 0 Å². The summed E-state index contributed by atoms with van der Waals surface area (Å²) in [7, 11) is 0. The van der Waals surface area contributed by atoms with E-state index in [1.807, 2.05) is 0 Å². The van der Waals surface area contributed by atoms with Crippen LogP contribution in [0.15, 0.2) is 30.3 Å². The minimum Gasteiger partial charge on any atom is -0.289 e. The topological polar surface area (TPSA) is 103 Å². The Morgan fingerprint density at radius 3 is 2.25 bits per heavy atom. The minimum atomic E-state index is -0.633. The number of ketones is 1. The van der Waals surface area contributed by atoms with Crippen LogP contribution < -0.4 is 0 Å². The van der Waals surface area contributed by atoms with Gasteiger partial charge in [-0.1, -0.05) is 11.6 Å². The molecule has 0 saturated heterocycles. The van der Waals surface area contributed by atoms with Gasteiger partial charge in [0.05, 0.1) is 9.95 Å². The fourth-order valence-electron chi connectivity index (χ4n) is 2.30. The molecule has 7 nitrogen and oxygen atoms in total. The van der Waals surface area contributed by atoms with Crippen LogP contribution in [-0.4, -0.2) is 15.6 Å². The van der Waals surface area contributed by atoms with Crippen molar-refractivity contribution in [2.24, 2.45) is 0 Å². The number of nitrogens with zero attached hydrogens (tertiary/aromatic N) is 2. The average molecular weight is 349 g/mol. The number of nitro benzene ring substituents is 1. The van der Waals surface area contributed by atoms with Crippen molar-refractivity contribution in [3.8, 4) is 0 Å². The van der Waals surface area contributed by atoms with E-state index in [1.165, 1.54) is 12.1 Å². The lowest BCUT2D eigenvalue weighted by Crippen LogP contribution is -2.11. The van der Waals surface area contributed by atoms with Crippen molar-refractivity contribution < 1.29 is 14.6 Å². The Kier molecular flexibility index (Phi) is 4.94. The van der Waals surface area contributed by atoms with Crippen LogP contribution in [0.2, 0.25) is 5.02 Å². The van der Waals surface area contributed by atoms with Crippen LogP contribution in [0.5, 0.6) is 0 Å². The standard InChI is InChI=1S/C16H13ClN2O5/c1-9-5-11(8-18(21)22)13(6-10(9)2)16(20)14-7-12(19(23)24)3-4-15(14)17/h3-7H,8H2,1-2H3. The first-order valence-corrected chi connectivity index (χ1v) is 7.29. The number of hydrogen-bond acceptors (Lipinski definition) is 5. The van der Waals surface area contributed by atoms with E-state index in [9.17, 15) is 25.0 Å². The van der Waals surface area contributed by atoms with Crippen molar-refractivity contribution in [2.75, 3.05) is 0 Å². The van der Waals surface area contributed by atoms with Crippen LogP contribution >= 0.6 is 11.6 Å². The van der Waals surface area contributed by atoms with Crippen LogP contribution in [-0.2, 0) is 6.54 Å². The predicted molar refractivity (Wildman–Crippen MR) is 88.2 cm³/mol. The zero-order valence-corrected chi connectivity index (χ0v) is 13.7. The number of non-ortho nitro benzene ring substituents is 1. The monoisotopic (exact) mass is 348 g/mol. The number of carbonyl (C=O) groups is 1. The molecule has 2 aromatic rings. The molecule has 0 fully saturated rings. The summed E-state index contributed by atoms with van der Waals surface area (Å²) in [6.07, 6.45) is 0. The Balaban J connectivity index is 2.61. The maximum Gasteiger partial charge on any atom is 0.270 e. The van der Waals surface area contributed by atoms with Crippen molar-refractivity contribution in [3.05, 3.63) is 83.4 Å². The highest BCUT2D eigenvalue weighted by Gasteiger charge is 2.22. The van der Waals surface area contributed by atoms with E-state index in [-0.39, 0.29) is 27.4 Å². The first-order valence-electron chi connectivity index (χ1n) is 6.91. The second-order valence-corrected chi connectivity index (χ2v) is 5.74. The molecule has 0 heterocycles. The van der Waals surface area contributed by atoms with E-state index >= 15 is 0 Å². The van der Waals surface area contributed by atoms with Crippen molar-refractivity contribution in [1.29, 1.82) is 0 Å². The Bertz CT molecular complexity index is 864. The van der Waals surface area contributed by atoms with Crippen LogP contribution in [0, 0.1) is 34.1 Å². The summed E-state index contributed by atoms with van der Waals surface area (Å²) in [5, 5.41) is 21.8. The highest BCUT2D eigenvalue weighted by molar-refractivity contribution is 6.35. The number of rotatable bonds is 5. The molecule has 0 aliphatic rings. The zero-order valence-electron chi connectivity index (χ0n) is 12.9. The van der Waals surface area contributed by atoms with Crippen molar-refractivity contribution in [2.45, 2.75) is 20.4 Å². The quantitative estimate of drug-likeness (QED) is 0.463. The smallest absolute Gasteiger partial charge is 0.270 e. The highest BCUT2D eigenvalue weighted by Crippen LogP contribution is 2.27. The van der Waals surface area contributed by atoms with Gasteiger partial charge in [-0.25, -0.2) is 0 Å². The molecule has 0 aliphatic carbocycles. The largest absolute Gasteiger partial charge is 0.289 e. The molecule has 0 radical (unpaired) electrons. The van der Waals surface area contributed by atoms with Crippen LogP contribution in [0.25, 0.3) is 0 Å². The minimum absolute atomic E-state index is 0.0517. The van der Waals surface area contributed by atoms with Gasteiger partial charge in [0.1, 0.15) is 0 Å². The molecule has 0 saturated carbocycles. The summed E-state index contributed by atoms with van der Waals surface area (Å²) in [6.45, 7) is 3.04. The number of hydrogen-bond donors (Lipinski definition) is 0. The highest BCUT2D eigenvalue weighted by atomic mass is 35.5. The molecular formula is C16H13ClN2O5. The second-order valence-electron chi connectivity index (χ2n) is 5.33. The molecule has 0 aliphatic heterocycles. The predicted octanol–water partition coefficient (Wildman–Crippen LogP) is 3.87. The van der Waals surface area contributed by atoms with E-state index in [1.54, 1.807) is 26.0 Å². The third-order valence-corrected chi connectivity index (χ3v) is 4.00. The fraction of sp³-hybridized carbons (Fsp3) is 0.188. The van der Waals surface area contributed by atoms with Gasteiger partial charge >= 0.3 is 0 Å². The molecular weight excluding hydrogens is 336 g/mol. The molecule has 24 heavy (non-hydrogen) atoms. The van der Waals surface area contributed by atoms with Gasteiger partial charge in [-0.15, -0.1) is 0 Å². The van der Waals surface area contributed by atoms with E-state index in [4.69, 9.17) is 11.6 Å². The Morgan fingerprint density at radius 2 is 1.67 bits per heavy atom. The van der Waals surface area contributed by atoms with E-state index < -0.39 is 22.2 Å². The van der Waals surface area contributed by atoms with Crippen LogP contribution in [0.1, 0.15) is 32.6 Å². The van der Waals surface area contributed by atoms with E-state index in [0.29, 0.717) is 0 Å². The van der Waals surface area contributed by atoms with Gasteiger partial charge in [0, 0.05) is 33.7 Å². The molecule has 2 rings (SSSR count). The molecule has 8 heteroatoms. The Labute approximate surface area is 142 Å². The van der Waals surface area contributed by atoms with Crippen molar-refractivity contribution in [3.63, 3.8) is 0 Å². The third kappa shape index (κ3) is 3.57. The normalized spacial score (nSPS) is 10.5. The van der Waals surface area contributed by atoms with Gasteiger partial charge in [-0.3, -0.25) is 25.0 Å². The molecule has 124 valence electrons. The molecule has 0 spiro atoms. The van der Waals surface area contributed by atoms with E-state index in [2.05, 4.69) is 0 Å². The lowest BCUT2D eigenvalue weighted by molar-refractivity contribution is -0.496. The Hall–Kier alpha value is -2.80. The first-order chi connectivity index (χ1) is 11.2. The molecule has 0 bridgehead atoms. The summed E-state index contributed by atoms with van der Waals surface area (Å²) in [4.78, 5) is 33.4. The van der Waals surface area contributed by atoms with Gasteiger partial charge in [0.2, 0.25) is 6.54 Å². The van der Waals surface area contributed by atoms with Crippen molar-refractivity contribution >= 4 is 23.1 Å². The summed E-state index contributed by atoms with van der Waals surface area (Å²) >= 11 is 6.00. The lowest BCUT2D eigenvalue weighted by Gasteiger charge is -2.10. The molecule has 0 aromatic heterocycles.